The van der Waals surface area contributed by atoms with Crippen molar-refractivity contribution in [3.8, 4) is 5.75 Å². The van der Waals surface area contributed by atoms with Gasteiger partial charge in [-0.15, -0.1) is 0 Å². The highest BCUT2D eigenvalue weighted by Crippen LogP contribution is 2.28. The van der Waals surface area contributed by atoms with E-state index in [0.29, 0.717) is 16.0 Å². The van der Waals surface area contributed by atoms with Crippen LogP contribution in [0.4, 0.5) is 0 Å². The van der Waals surface area contributed by atoms with Crippen LogP contribution in [0.1, 0.15) is 26.2 Å². The molecule has 0 aromatic heterocycles. The van der Waals surface area contributed by atoms with Crippen LogP contribution in [0.25, 0.3) is 0 Å². The van der Waals surface area contributed by atoms with E-state index >= 15 is 0 Å². The second-order valence-corrected chi connectivity index (χ2v) is 5.68. The predicted molar refractivity (Wildman–Crippen MR) is 76.8 cm³/mol. The van der Waals surface area contributed by atoms with Crippen LogP contribution in [-0.4, -0.2) is 19.2 Å². The lowest BCUT2D eigenvalue weighted by atomic mass is 9.97. The first-order chi connectivity index (χ1) is 8.69. The lowest BCUT2D eigenvalue weighted by Crippen LogP contribution is -2.28. The van der Waals surface area contributed by atoms with Crippen LogP contribution in [0.3, 0.4) is 0 Å². The number of hydrogen-bond donors (Lipinski definition) is 1. The van der Waals surface area contributed by atoms with Gasteiger partial charge in [0.1, 0.15) is 11.9 Å². The molecule has 0 radical (unpaired) electrons. The van der Waals surface area contributed by atoms with Gasteiger partial charge in [0.05, 0.1) is 0 Å². The molecule has 1 aliphatic heterocycles. The molecule has 0 bridgehead atoms. The first kappa shape index (κ1) is 14.0. The van der Waals surface area contributed by atoms with Crippen molar-refractivity contribution in [1.29, 1.82) is 0 Å². The Morgan fingerprint density at radius 2 is 2.06 bits per heavy atom. The molecule has 1 N–H and O–H groups in total. The molecule has 1 saturated heterocycles. The molecule has 1 aromatic carbocycles. The van der Waals surface area contributed by atoms with Gasteiger partial charge in [-0.05, 0) is 37.6 Å². The molecule has 18 heavy (non-hydrogen) atoms. The molecule has 0 aliphatic carbocycles. The van der Waals surface area contributed by atoms with Crippen molar-refractivity contribution in [1.82, 2.24) is 5.32 Å². The Morgan fingerprint density at radius 1 is 1.33 bits per heavy atom. The third kappa shape index (κ3) is 3.78. The van der Waals surface area contributed by atoms with E-state index < -0.39 is 0 Å². The van der Waals surface area contributed by atoms with Gasteiger partial charge in [0.15, 0.2) is 0 Å². The molecule has 2 nitrogen and oxygen atoms in total. The Labute approximate surface area is 119 Å². The van der Waals surface area contributed by atoms with E-state index in [1.54, 1.807) is 6.07 Å². The largest absolute Gasteiger partial charge is 0.490 e. The van der Waals surface area contributed by atoms with Gasteiger partial charge in [-0.1, -0.05) is 36.5 Å². The molecule has 1 aromatic rings. The molecule has 0 unspecified atom stereocenters. The average Bonchev–Trinajstić information content (AvgIpc) is 2.80. The van der Waals surface area contributed by atoms with Crippen LogP contribution in [0.5, 0.6) is 5.75 Å². The minimum atomic E-state index is 0.250. The Kier molecular flexibility index (Phi) is 5.16. The molecule has 1 heterocycles. The van der Waals surface area contributed by atoms with Crippen LogP contribution in [0.15, 0.2) is 18.2 Å². The summed E-state index contributed by atoms with van der Waals surface area (Å²) in [6.07, 6.45) is 3.62. The van der Waals surface area contributed by atoms with Gasteiger partial charge in [-0.2, -0.15) is 0 Å². The number of ether oxygens (including phenoxy) is 1. The van der Waals surface area contributed by atoms with Crippen LogP contribution in [0, 0.1) is 5.92 Å². The molecule has 0 saturated carbocycles. The van der Waals surface area contributed by atoms with E-state index in [4.69, 9.17) is 27.9 Å². The highest BCUT2D eigenvalue weighted by molar-refractivity contribution is 6.34. The minimum absolute atomic E-state index is 0.250. The Balaban J connectivity index is 2.07. The Morgan fingerprint density at radius 3 is 2.61 bits per heavy atom. The standard InChI is InChI=1S/C14H19Cl2NO/c1-2-3-14(10-4-5-17-9-10)18-13-7-11(15)6-12(16)8-13/h6-8,10,14,17H,2-5,9H2,1H3/t10-,14+/m0/s1. The van der Waals surface area contributed by atoms with Crippen LogP contribution < -0.4 is 10.1 Å². The van der Waals surface area contributed by atoms with Crippen molar-refractivity contribution in [3.05, 3.63) is 28.2 Å². The van der Waals surface area contributed by atoms with Crippen molar-refractivity contribution in [2.75, 3.05) is 13.1 Å². The van der Waals surface area contributed by atoms with Gasteiger partial charge in [0.2, 0.25) is 0 Å². The third-order valence-corrected chi connectivity index (χ3v) is 3.76. The second-order valence-electron chi connectivity index (χ2n) is 4.80. The molecule has 2 atom stereocenters. The van der Waals surface area contributed by atoms with Gasteiger partial charge >= 0.3 is 0 Å². The van der Waals surface area contributed by atoms with E-state index in [9.17, 15) is 0 Å². The highest BCUT2D eigenvalue weighted by atomic mass is 35.5. The molecular weight excluding hydrogens is 269 g/mol. The van der Waals surface area contributed by atoms with Crippen molar-refractivity contribution in [2.45, 2.75) is 32.3 Å². The molecule has 0 amide bonds. The maximum atomic E-state index is 6.09. The highest BCUT2D eigenvalue weighted by Gasteiger charge is 2.25. The molecule has 100 valence electrons. The minimum Gasteiger partial charge on any atom is -0.490 e. The summed E-state index contributed by atoms with van der Waals surface area (Å²) in [5.74, 6) is 1.36. The van der Waals surface area contributed by atoms with Gasteiger partial charge < -0.3 is 10.1 Å². The quantitative estimate of drug-likeness (QED) is 0.878. The van der Waals surface area contributed by atoms with Gasteiger partial charge in [-0.25, -0.2) is 0 Å². The number of nitrogens with one attached hydrogen (secondary N) is 1. The zero-order valence-corrected chi connectivity index (χ0v) is 12.1. The summed E-state index contributed by atoms with van der Waals surface area (Å²) in [6.45, 7) is 4.31. The maximum Gasteiger partial charge on any atom is 0.122 e. The van der Waals surface area contributed by atoms with Crippen molar-refractivity contribution >= 4 is 23.2 Å². The van der Waals surface area contributed by atoms with Crippen molar-refractivity contribution in [2.24, 2.45) is 5.92 Å². The molecule has 0 spiro atoms. The van der Waals surface area contributed by atoms with E-state index in [0.717, 1.165) is 31.7 Å². The monoisotopic (exact) mass is 287 g/mol. The van der Waals surface area contributed by atoms with E-state index in [1.165, 1.54) is 6.42 Å². The first-order valence-corrected chi connectivity index (χ1v) is 7.28. The number of rotatable bonds is 5. The first-order valence-electron chi connectivity index (χ1n) is 6.52. The predicted octanol–water partition coefficient (Wildman–Crippen LogP) is 4.15. The summed E-state index contributed by atoms with van der Waals surface area (Å²) in [7, 11) is 0. The Hall–Kier alpha value is -0.440. The number of halogens is 2. The Bertz CT molecular complexity index is 371. The topological polar surface area (TPSA) is 21.3 Å². The van der Waals surface area contributed by atoms with E-state index in [2.05, 4.69) is 12.2 Å². The fourth-order valence-electron chi connectivity index (χ4n) is 2.44. The van der Waals surface area contributed by atoms with Crippen molar-refractivity contribution < 1.29 is 4.74 Å². The lowest BCUT2D eigenvalue weighted by molar-refractivity contribution is 0.132. The van der Waals surface area contributed by atoms with Crippen molar-refractivity contribution in [3.63, 3.8) is 0 Å². The smallest absolute Gasteiger partial charge is 0.122 e. The maximum absolute atomic E-state index is 6.09. The van der Waals surface area contributed by atoms with E-state index in [-0.39, 0.29) is 6.10 Å². The number of hydrogen-bond acceptors (Lipinski definition) is 2. The summed E-state index contributed by atoms with van der Waals surface area (Å²) in [5, 5.41) is 4.63. The second kappa shape index (κ2) is 6.65. The molecular formula is C14H19Cl2NO. The number of benzene rings is 1. The SMILES string of the molecule is CCC[C@@H](Oc1cc(Cl)cc(Cl)c1)[C@H]1CCNC1. The van der Waals surface area contributed by atoms with Crippen LogP contribution in [0.2, 0.25) is 10.0 Å². The molecule has 1 fully saturated rings. The normalized spacial score (nSPS) is 20.9. The zero-order chi connectivity index (χ0) is 13.0. The van der Waals surface area contributed by atoms with E-state index in [1.807, 2.05) is 12.1 Å². The van der Waals surface area contributed by atoms with Gasteiger partial charge in [0.25, 0.3) is 0 Å². The summed E-state index contributed by atoms with van der Waals surface area (Å²) in [5.41, 5.74) is 0. The fraction of sp³-hybridized carbons (Fsp3) is 0.571. The summed E-state index contributed by atoms with van der Waals surface area (Å²) in [4.78, 5) is 0. The third-order valence-electron chi connectivity index (χ3n) is 3.32. The lowest BCUT2D eigenvalue weighted by Gasteiger charge is -2.24. The fourth-order valence-corrected chi connectivity index (χ4v) is 2.95. The molecule has 4 heteroatoms. The van der Waals surface area contributed by atoms with Crippen LogP contribution >= 0.6 is 23.2 Å². The summed E-state index contributed by atoms with van der Waals surface area (Å²) < 4.78 is 6.09. The van der Waals surface area contributed by atoms with Crippen LogP contribution in [-0.2, 0) is 0 Å². The molecule has 2 rings (SSSR count). The summed E-state index contributed by atoms with van der Waals surface area (Å²) >= 11 is 12.0. The average molecular weight is 288 g/mol. The molecule has 1 aliphatic rings. The van der Waals surface area contributed by atoms with Gasteiger partial charge in [0, 0.05) is 22.5 Å². The summed E-state index contributed by atoms with van der Waals surface area (Å²) in [6, 6.07) is 5.39. The van der Waals surface area contributed by atoms with Gasteiger partial charge in [-0.3, -0.25) is 0 Å². The zero-order valence-electron chi connectivity index (χ0n) is 10.6.